The zero-order chi connectivity index (χ0) is 48.7. The topological polar surface area (TPSA) is 280 Å². The summed E-state index contributed by atoms with van der Waals surface area (Å²) in [4.78, 5) is 51.7. The predicted octanol–water partition coefficient (Wildman–Crippen LogP) is 7.11. The number of carboxylic acids is 1. The van der Waals surface area contributed by atoms with Gasteiger partial charge in [0.15, 0.2) is 34.7 Å². The van der Waals surface area contributed by atoms with E-state index in [9.17, 15) is 40.3 Å². The van der Waals surface area contributed by atoms with Crippen molar-refractivity contribution < 1.29 is 54.5 Å². The fourth-order valence-corrected chi connectivity index (χ4v) is 6.92. The third kappa shape index (κ3) is 13.7. The van der Waals surface area contributed by atoms with Crippen LogP contribution < -0.4 is 20.9 Å². The Bertz CT molecular complexity index is 2800. The number of halogens is 8. The lowest BCUT2D eigenvalue weighted by molar-refractivity contribution is -0.160. The fraction of sp³-hybridized carbons (Fsp3) is 0.189. The number of alkyl halides is 7. The number of aromatic carboxylic acids is 1. The van der Waals surface area contributed by atoms with Crippen molar-refractivity contribution in [3.8, 4) is 21.4 Å². The van der Waals surface area contributed by atoms with E-state index in [0.717, 1.165) is 16.2 Å². The Balaban J connectivity index is 0.000000273. The maximum absolute atomic E-state index is 12.7. The third-order valence-electron chi connectivity index (χ3n) is 7.91. The minimum absolute atomic E-state index is 0. The van der Waals surface area contributed by atoms with Crippen molar-refractivity contribution in [2.75, 3.05) is 31.1 Å². The monoisotopic (exact) mass is 1010 g/mol. The average molecular weight is 1010 g/mol. The summed E-state index contributed by atoms with van der Waals surface area (Å²) in [7, 11) is 3.49. The molecule has 0 aliphatic carbocycles. The lowest BCUT2D eigenvalue weighted by Crippen LogP contribution is -2.22. The third-order valence-corrected chi connectivity index (χ3v) is 10.0. The number of nitrogens with one attached hydrogen (secondary N) is 1. The second kappa shape index (κ2) is 24.2. The van der Waals surface area contributed by atoms with Crippen LogP contribution in [0.15, 0.2) is 94.8 Å². The van der Waals surface area contributed by atoms with Crippen LogP contribution in [-0.2, 0) is 25.4 Å². The van der Waals surface area contributed by atoms with Crippen LogP contribution in [0, 0.1) is 0 Å². The quantitative estimate of drug-likeness (QED) is 0.103. The highest BCUT2D eigenvalue weighted by Gasteiger charge is 2.39. The van der Waals surface area contributed by atoms with Gasteiger partial charge >= 0.3 is 30.1 Å². The molecule has 0 aliphatic rings. The molecule has 8 aromatic rings. The Kier molecular flexibility index (Phi) is 18.8. The summed E-state index contributed by atoms with van der Waals surface area (Å²) in [6, 6.07) is 12.5. The molecule has 0 unspecified atom stereocenters. The van der Waals surface area contributed by atoms with Gasteiger partial charge < -0.3 is 35.0 Å². The van der Waals surface area contributed by atoms with Gasteiger partial charge in [-0.1, -0.05) is 10.3 Å². The van der Waals surface area contributed by atoms with Gasteiger partial charge in [-0.15, -0.1) is 55.5 Å². The first-order valence-electron chi connectivity index (χ1n) is 18.3. The first-order valence-corrected chi connectivity index (χ1v) is 19.9. The maximum Gasteiger partial charge on any atom is 0.471 e. The van der Waals surface area contributed by atoms with Gasteiger partial charge in [0.25, 0.3) is 5.91 Å². The standard InChI is InChI=1S/C18H13F3N8O2S.C17H10F3N7O3S.CH3F.CH5N.ClH/c1-22-16(30)11-3-5-13(27-26-11)29(14-8-23-6-7-24-14)9-10-2-4-12(32-10)15-25-17(31-28-15)18(19,20)21;18-17(19,20)16-23-14(26-30-16)11-3-1-9(31-11)8-27(13-7-21-5-6-22-13)12-4-2-10(15(28)29)24-25-12;2*1-2;/h2-8H,9H2,1H3,(H,22,30);1-7H,8H2,(H,28,29);1H3;2H2,1H3;1H. The molecule has 0 radical (unpaired) electrons. The van der Waals surface area contributed by atoms with Crippen LogP contribution in [0.2, 0.25) is 0 Å². The highest BCUT2D eigenvalue weighted by Crippen LogP contribution is 2.35. The molecule has 0 aromatic carbocycles. The molecule has 0 atom stereocenters. The Morgan fingerprint density at radius 2 is 1.07 bits per heavy atom. The summed E-state index contributed by atoms with van der Waals surface area (Å²) in [5.41, 5.74) is 4.42. The van der Waals surface area contributed by atoms with E-state index in [1.807, 2.05) is 0 Å². The number of thiophene rings is 2. The van der Waals surface area contributed by atoms with E-state index in [1.54, 1.807) is 40.1 Å². The number of carboxylic acid groups (broad SMARTS) is 1. The molecular weight excluding hydrogens is 981 g/mol. The Labute approximate surface area is 391 Å². The van der Waals surface area contributed by atoms with Gasteiger partial charge in [-0.05, 0) is 55.6 Å². The van der Waals surface area contributed by atoms with Gasteiger partial charge in [0.05, 0.1) is 42.4 Å². The van der Waals surface area contributed by atoms with Crippen LogP contribution in [0.1, 0.15) is 42.5 Å². The molecule has 0 fully saturated rings. The van der Waals surface area contributed by atoms with E-state index < -0.39 is 30.1 Å². The minimum Gasteiger partial charge on any atom is -0.476 e. The van der Waals surface area contributed by atoms with Crippen molar-refractivity contribution in [2.24, 2.45) is 5.73 Å². The van der Waals surface area contributed by atoms with Crippen LogP contribution in [0.25, 0.3) is 21.4 Å². The molecule has 0 saturated carbocycles. The van der Waals surface area contributed by atoms with E-state index in [2.05, 4.69) is 80.7 Å². The Morgan fingerprint density at radius 1 is 0.647 bits per heavy atom. The maximum atomic E-state index is 12.7. The second-order valence-electron chi connectivity index (χ2n) is 12.1. The molecule has 21 nitrogen and oxygen atoms in total. The van der Waals surface area contributed by atoms with E-state index in [0.29, 0.717) is 45.1 Å². The average Bonchev–Trinajstić information content (AvgIpc) is 4.20. The van der Waals surface area contributed by atoms with E-state index >= 15 is 0 Å². The Hall–Kier alpha value is -7.70. The summed E-state index contributed by atoms with van der Waals surface area (Å²) in [6.07, 6.45) is -0.458. The first-order chi connectivity index (χ1) is 32.2. The molecule has 8 rings (SSSR count). The van der Waals surface area contributed by atoms with Crippen molar-refractivity contribution in [1.29, 1.82) is 0 Å². The zero-order valence-electron chi connectivity index (χ0n) is 34.8. The van der Waals surface area contributed by atoms with Crippen LogP contribution in [0.4, 0.5) is 54.0 Å². The van der Waals surface area contributed by atoms with E-state index in [-0.39, 0.29) is 54.4 Å². The Morgan fingerprint density at radius 3 is 1.40 bits per heavy atom. The van der Waals surface area contributed by atoms with Gasteiger partial charge in [0, 0.05) is 41.6 Å². The number of nitrogens with zero attached hydrogens (tertiary/aromatic N) is 14. The van der Waals surface area contributed by atoms with Gasteiger partial charge in [-0.2, -0.15) is 36.3 Å². The molecular formula is C37H32ClF7N16O5S2. The molecule has 4 N–H and O–H groups in total. The number of carbonyl (C=O) groups is 2. The van der Waals surface area contributed by atoms with Crippen molar-refractivity contribution in [1.82, 2.24) is 65.9 Å². The van der Waals surface area contributed by atoms with E-state index in [4.69, 9.17) is 5.11 Å². The van der Waals surface area contributed by atoms with Gasteiger partial charge in [-0.25, -0.2) is 14.8 Å². The van der Waals surface area contributed by atoms with Gasteiger partial charge in [-0.3, -0.25) is 19.2 Å². The van der Waals surface area contributed by atoms with Crippen LogP contribution in [0.5, 0.6) is 0 Å². The van der Waals surface area contributed by atoms with Crippen LogP contribution in [-0.4, -0.2) is 98.9 Å². The summed E-state index contributed by atoms with van der Waals surface area (Å²) < 4.78 is 94.3. The fourth-order valence-electron chi connectivity index (χ4n) is 5.08. The molecule has 0 aliphatic heterocycles. The second-order valence-corrected chi connectivity index (χ2v) is 14.4. The molecule has 8 heterocycles. The first kappa shape index (κ1) is 52.9. The summed E-state index contributed by atoms with van der Waals surface area (Å²) in [6.45, 7) is 0.454. The lowest BCUT2D eigenvalue weighted by atomic mass is 10.3. The molecule has 0 saturated heterocycles. The molecule has 8 aromatic heterocycles. The number of aromatic nitrogens is 12. The van der Waals surface area contributed by atoms with Crippen molar-refractivity contribution in [3.63, 3.8) is 0 Å². The van der Waals surface area contributed by atoms with E-state index in [1.165, 1.54) is 80.8 Å². The molecule has 358 valence electrons. The largest absolute Gasteiger partial charge is 0.476 e. The number of hydrogen-bond donors (Lipinski definition) is 3. The normalized spacial score (nSPS) is 10.8. The minimum atomic E-state index is -4.73. The van der Waals surface area contributed by atoms with Crippen molar-refractivity contribution in [3.05, 3.63) is 119 Å². The molecule has 0 bridgehead atoms. The number of hydrogen-bond acceptors (Lipinski definition) is 21. The summed E-state index contributed by atoms with van der Waals surface area (Å²) in [5, 5.41) is 33.9. The summed E-state index contributed by atoms with van der Waals surface area (Å²) >= 11 is 2.34. The number of anilines is 4. The highest BCUT2D eigenvalue weighted by molar-refractivity contribution is 7.15. The number of rotatable bonds is 12. The molecule has 1 amide bonds. The van der Waals surface area contributed by atoms with Crippen molar-refractivity contribution in [2.45, 2.75) is 25.4 Å². The van der Waals surface area contributed by atoms with Crippen molar-refractivity contribution >= 4 is 70.2 Å². The molecule has 68 heavy (non-hydrogen) atoms. The predicted molar refractivity (Wildman–Crippen MR) is 230 cm³/mol. The van der Waals surface area contributed by atoms with Gasteiger partial charge in [0.2, 0.25) is 11.6 Å². The van der Waals surface area contributed by atoms with Gasteiger partial charge in [0.1, 0.15) is 0 Å². The summed E-state index contributed by atoms with van der Waals surface area (Å²) in [5.74, 6) is -3.19. The smallest absolute Gasteiger partial charge is 0.471 e. The number of nitrogens with two attached hydrogens (primary N) is 1. The molecule has 0 spiro atoms. The van der Waals surface area contributed by atoms with Crippen LogP contribution >= 0.6 is 35.1 Å². The molecule has 31 heteroatoms. The van der Waals surface area contributed by atoms with Crippen LogP contribution in [0.3, 0.4) is 0 Å². The number of carbonyl (C=O) groups excluding carboxylic acids is 1. The lowest BCUT2D eigenvalue weighted by Gasteiger charge is -2.21. The number of amides is 1. The highest BCUT2D eigenvalue weighted by atomic mass is 35.5. The SMILES string of the molecule is CF.CN.CNC(=O)c1ccc(N(Cc2ccc(-c3noc(C(F)(F)F)n3)s2)c2cnccn2)nn1.Cl.O=C(O)c1ccc(N(Cc2ccc(-c3noc(C(F)(F)F)n3)s2)c2cnccn2)nn1. The zero-order valence-corrected chi connectivity index (χ0v) is 37.2.